The highest BCUT2D eigenvalue weighted by Crippen LogP contribution is 2.41. The summed E-state index contributed by atoms with van der Waals surface area (Å²) in [6.45, 7) is 10.6. The van der Waals surface area contributed by atoms with Crippen LogP contribution in [0.2, 0.25) is 0 Å². The minimum Gasteiger partial charge on any atom is -0.496 e. The molecule has 3 nitrogen and oxygen atoms in total. The van der Waals surface area contributed by atoms with Crippen LogP contribution in [0.3, 0.4) is 0 Å². The smallest absolute Gasteiger partial charge is 0.129 e. The molecule has 1 aromatic heterocycles. The molecule has 21 heavy (non-hydrogen) atoms. The minimum atomic E-state index is -0.402. The number of rotatable bonds is 3. The molecule has 2 rings (SSSR count). The van der Waals surface area contributed by atoms with E-state index in [0.717, 1.165) is 26.9 Å². The van der Waals surface area contributed by atoms with E-state index in [4.69, 9.17) is 15.5 Å². The molecule has 0 aliphatic carbocycles. The number of methoxy groups -OCH3 is 1. The molecule has 2 N–H and O–H groups in total. The van der Waals surface area contributed by atoms with Crippen molar-refractivity contribution < 1.29 is 4.74 Å². The summed E-state index contributed by atoms with van der Waals surface area (Å²) in [6, 6.07) is 7.97. The van der Waals surface area contributed by atoms with E-state index in [1.54, 1.807) is 18.4 Å². The molecule has 1 heterocycles. The summed E-state index contributed by atoms with van der Waals surface area (Å²) in [5, 5.41) is 0.964. The van der Waals surface area contributed by atoms with Gasteiger partial charge >= 0.3 is 0 Å². The number of benzene rings is 1. The van der Waals surface area contributed by atoms with Crippen molar-refractivity contribution in [3.8, 4) is 16.3 Å². The Bertz CT molecular complexity index is 601. The Kier molecular flexibility index (Phi) is 4.13. The van der Waals surface area contributed by atoms with Gasteiger partial charge in [-0.3, -0.25) is 0 Å². The lowest BCUT2D eigenvalue weighted by molar-refractivity contribution is 0.416. The fourth-order valence-electron chi connectivity index (χ4n) is 2.20. The van der Waals surface area contributed by atoms with Crippen LogP contribution in [-0.2, 0) is 11.0 Å². The van der Waals surface area contributed by atoms with E-state index in [1.807, 2.05) is 38.1 Å². The van der Waals surface area contributed by atoms with Gasteiger partial charge in [-0.25, -0.2) is 4.98 Å². The number of nitrogens with zero attached hydrogens (tertiary/aromatic N) is 1. The molecule has 0 saturated heterocycles. The molecule has 0 fully saturated rings. The van der Waals surface area contributed by atoms with Crippen molar-refractivity contribution in [3.63, 3.8) is 0 Å². The predicted molar refractivity (Wildman–Crippen MR) is 90.0 cm³/mol. The highest BCUT2D eigenvalue weighted by Gasteiger charge is 2.30. The summed E-state index contributed by atoms with van der Waals surface area (Å²) in [5.74, 6) is 0.841. The third kappa shape index (κ3) is 3.27. The van der Waals surface area contributed by atoms with E-state index in [0.29, 0.717) is 0 Å². The zero-order valence-corrected chi connectivity index (χ0v) is 14.5. The molecule has 0 radical (unpaired) electrons. The van der Waals surface area contributed by atoms with Crippen LogP contribution in [0, 0.1) is 0 Å². The Morgan fingerprint density at radius 2 is 1.71 bits per heavy atom. The summed E-state index contributed by atoms with van der Waals surface area (Å²) in [6.07, 6.45) is 0. The number of ether oxygens (including phenoxy) is 1. The van der Waals surface area contributed by atoms with Crippen LogP contribution in [0.4, 0.5) is 0 Å². The molecule has 0 spiro atoms. The Labute approximate surface area is 131 Å². The summed E-state index contributed by atoms with van der Waals surface area (Å²) in [4.78, 5) is 6.02. The molecule has 2 aromatic rings. The zero-order valence-electron chi connectivity index (χ0n) is 13.7. The van der Waals surface area contributed by atoms with E-state index < -0.39 is 5.54 Å². The number of thiazole rings is 1. The number of hydrogen-bond donors (Lipinski definition) is 1. The lowest BCUT2D eigenvalue weighted by Crippen LogP contribution is -2.31. The number of para-hydroxylation sites is 1. The quantitative estimate of drug-likeness (QED) is 0.919. The van der Waals surface area contributed by atoms with Gasteiger partial charge in [0, 0.05) is 15.8 Å². The van der Waals surface area contributed by atoms with Crippen molar-refractivity contribution in [1.82, 2.24) is 4.98 Å². The van der Waals surface area contributed by atoms with Crippen molar-refractivity contribution in [2.75, 3.05) is 7.11 Å². The number of hydrogen-bond acceptors (Lipinski definition) is 4. The Hall–Kier alpha value is -1.39. The molecule has 4 heteroatoms. The van der Waals surface area contributed by atoms with Gasteiger partial charge in [-0.05, 0) is 26.0 Å². The maximum Gasteiger partial charge on any atom is 0.129 e. The van der Waals surface area contributed by atoms with Gasteiger partial charge in [0.15, 0.2) is 0 Å². The molecular weight excluding hydrogens is 280 g/mol. The summed E-state index contributed by atoms with van der Waals surface area (Å²) >= 11 is 1.66. The predicted octanol–water partition coefficient (Wildman–Crippen LogP) is 4.31. The molecule has 0 aliphatic heterocycles. The molecule has 114 valence electrons. The molecule has 0 saturated carbocycles. The van der Waals surface area contributed by atoms with Gasteiger partial charge < -0.3 is 10.5 Å². The molecule has 0 bridgehead atoms. The zero-order chi connectivity index (χ0) is 15.8. The second-order valence-corrected chi connectivity index (χ2v) is 7.87. The normalized spacial score (nSPS) is 12.5. The molecule has 0 aliphatic rings. The second kappa shape index (κ2) is 5.43. The van der Waals surface area contributed by atoms with Crippen LogP contribution < -0.4 is 10.5 Å². The van der Waals surface area contributed by atoms with Crippen LogP contribution in [0.15, 0.2) is 24.3 Å². The first-order valence-electron chi connectivity index (χ1n) is 7.08. The van der Waals surface area contributed by atoms with Gasteiger partial charge in [0.2, 0.25) is 0 Å². The maximum atomic E-state index is 6.36. The fraction of sp³-hybridized carbons (Fsp3) is 0.471. The molecule has 1 aromatic carbocycles. The summed E-state index contributed by atoms with van der Waals surface area (Å²) < 4.78 is 5.46. The number of aromatic nitrogens is 1. The summed E-state index contributed by atoms with van der Waals surface area (Å²) in [5.41, 5.74) is 8.00. The highest BCUT2D eigenvalue weighted by molar-refractivity contribution is 7.15. The van der Waals surface area contributed by atoms with Gasteiger partial charge in [-0.2, -0.15) is 0 Å². The average Bonchev–Trinajstić information content (AvgIpc) is 2.83. The van der Waals surface area contributed by atoms with Crippen LogP contribution in [-0.4, -0.2) is 12.1 Å². The van der Waals surface area contributed by atoms with E-state index >= 15 is 0 Å². The van der Waals surface area contributed by atoms with Gasteiger partial charge in [0.1, 0.15) is 10.8 Å². The van der Waals surface area contributed by atoms with Crippen molar-refractivity contribution in [3.05, 3.63) is 34.8 Å². The molecular formula is C17H24N2OS. The van der Waals surface area contributed by atoms with E-state index in [9.17, 15) is 0 Å². The van der Waals surface area contributed by atoms with E-state index in [1.165, 1.54) is 0 Å². The van der Waals surface area contributed by atoms with Crippen molar-refractivity contribution in [1.29, 1.82) is 0 Å². The SMILES string of the molecule is COc1ccccc1-c1nc(C(C)(C)C)c(C(C)(C)N)s1. The van der Waals surface area contributed by atoms with Gasteiger partial charge in [-0.15, -0.1) is 11.3 Å². The van der Waals surface area contributed by atoms with Gasteiger partial charge in [0.25, 0.3) is 0 Å². The highest BCUT2D eigenvalue weighted by atomic mass is 32.1. The van der Waals surface area contributed by atoms with Crippen LogP contribution in [0.25, 0.3) is 10.6 Å². The van der Waals surface area contributed by atoms with Gasteiger partial charge in [0.05, 0.1) is 18.4 Å². The van der Waals surface area contributed by atoms with E-state index in [-0.39, 0.29) is 5.41 Å². The Morgan fingerprint density at radius 3 is 2.19 bits per heavy atom. The third-order valence-corrected chi connectivity index (χ3v) is 4.69. The monoisotopic (exact) mass is 304 g/mol. The van der Waals surface area contributed by atoms with Crippen LogP contribution in [0.5, 0.6) is 5.75 Å². The molecule has 0 atom stereocenters. The average molecular weight is 304 g/mol. The Morgan fingerprint density at radius 1 is 1.10 bits per heavy atom. The topological polar surface area (TPSA) is 48.1 Å². The van der Waals surface area contributed by atoms with Crippen molar-refractivity contribution >= 4 is 11.3 Å². The first-order valence-corrected chi connectivity index (χ1v) is 7.90. The largest absolute Gasteiger partial charge is 0.496 e. The van der Waals surface area contributed by atoms with E-state index in [2.05, 4.69) is 20.8 Å². The number of nitrogens with two attached hydrogens (primary N) is 1. The minimum absolute atomic E-state index is 0.0389. The van der Waals surface area contributed by atoms with Crippen LogP contribution >= 0.6 is 11.3 Å². The third-order valence-electron chi connectivity index (χ3n) is 3.26. The maximum absolute atomic E-state index is 6.36. The lowest BCUT2D eigenvalue weighted by atomic mass is 9.87. The fourth-order valence-corrected chi connectivity index (χ4v) is 3.52. The first-order chi connectivity index (χ1) is 9.64. The summed E-state index contributed by atoms with van der Waals surface area (Å²) in [7, 11) is 1.69. The van der Waals surface area contributed by atoms with Crippen molar-refractivity contribution in [2.24, 2.45) is 5.73 Å². The van der Waals surface area contributed by atoms with Crippen LogP contribution in [0.1, 0.15) is 45.2 Å². The van der Waals surface area contributed by atoms with Gasteiger partial charge in [-0.1, -0.05) is 32.9 Å². The standard InChI is InChI=1S/C17H24N2OS/c1-16(2,3)13-14(17(4,5)18)21-15(19-13)11-9-7-8-10-12(11)20-6/h7-10H,18H2,1-6H3. The second-order valence-electron chi connectivity index (χ2n) is 6.87. The molecule has 0 unspecified atom stereocenters. The Balaban J connectivity index is 2.65. The molecule has 0 amide bonds. The van der Waals surface area contributed by atoms with Crippen molar-refractivity contribution in [2.45, 2.75) is 45.6 Å². The first kappa shape index (κ1) is 16.0. The lowest BCUT2D eigenvalue weighted by Gasteiger charge is -2.24.